The molecule has 3 N–H and O–H groups in total. The molecule has 2 aromatic carbocycles. The zero-order chi connectivity index (χ0) is 15.4. The van der Waals surface area contributed by atoms with E-state index in [1.807, 2.05) is 30.3 Å². The van der Waals surface area contributed by atoms with Crippen molar-refractivity contribution in [2.24, 2.45) is 0 Å². The van der Waals surface area contributed by atoms with Crippen molar-refractivity contribution in [1.82, 2.24) is 4.98 Å². The minimum atomic E-state index is -0.392. The molecule has 0 bridgehead atoms. The fourth-order valence-electron chi connectivity index (χ4n) is 1.82. The van der Waals surface area contributed by atoms with Crippen molar-refractivity contribution in [3.63, 3.8) is 0 Å². The number of nitrogens with one attached hydrogen (secondary N) is 1. The van der Waals surface area contributed by atoms with E-state index < -0.39 is 5.91 Å². The monoisotopic (exact) mass is 295 g/mol. The summed E-state index contributed by atoms with van der Waals surface area (Å²) in [7, 11) is 0. The second-order valence-electron chi connectivity index (χ2n) is 4.46. The lowest BCUT2D eigenvalue weighted by molar-refractivity contribution is 0.102. The van der Waals surface area contributed by atoms with E-state index in [0.717, 1.165) is 5.75 Å². The van der Waals surface area contributed by atoms with E-state index in [1.54, 1.807) is 24.3 Å². The highest BCUT2D eigenvalue weighted by atomic mass is 16.5. The SMILES string of the molecule is Nc1nc(C(=O)Nc2ccc(Oc3ccccc3)cc2)co1. The summed E-state index contributed by atoms with van der Waals surface area (Å²) >= 11 is 0. The maximum Gasteiger partial charge on any atom is 0.292 e. The van der Waals surface area contributed by atoms with E-state index in [0.29, 0.717) is 11.4 Å². The second-order valence-corrected chi connectivity index (χ2v) is 4.46. The third kappa shape index (κ3) is 3.24. The number of carbonyl (C=O) groups excluding carboxylic acids is 1. The lowest BCUT2D eigenvalue weighted by Gasteiger charge is -2.07. The largest absolute Gasteiger partial charge is 0.457 e. The number of oxazole rings is 1. The average molecular weight is 295 g/mol. The maximum absolute atomic E-state index is 11.9. The lowest BCUT2D eigenvalue weighted by atomic mass is 10.3. The molecule has 6 nitrogen and oxygen atoms in total. The number of hydrogen-bond donors (Lipinski definition) is 2. The van der Waals surface area contributed by atoms with Gasteiger partial charge in [0, 0.05) is 5.69 Å². The standard InChI is InChI=1S/C16H13N3O3/c17-16-19-14(10-21-16)15(20)18-11-6-8-13(9-7-11)22-12-4-2-1-3-5-12/h1-10H,(H2,17,19)(H,18,20). The van der Waals surface area contributed by atoms with Crippen LogP contribution in [0.1, 0.15) is 10.5 Å². The first kappa shape index (κ1) is 13.7. The molecular weight excluding hydrogens is 282 g/mol. The molecule has 1 heterocycles. The molecule has 0 aliphatic carbocycles. The van der Waals surface area contributed by atoms with E-state index in [4.69, 9.17) is 14.9 Å². The molecule has 1 amide bonds. The minimum Gasteiger partial charge on any atom is -0.457 e. The van der Waals surface area contributed by atoms with Gasteiger partial charge in [0.05, 0.1) is 0 Å². The molecule has 0 fully saturated rings. The van der Waals surface area contributed by atoms with E-state index >= 15 is 0 Å². The van der Waals surface area contributed by atoms with Crippen molar-refractivity contribution in [1.29, 1.82) is 0 Å². The van der Waals surface area contributed by atoms with Gasteiger partial charge in [-0.3, -0.25) is 4.79 Å². The summed E-state index contributed by atoms with van der Waals surface area (Å²) in [5.74, 6) is 1.03. The van der Waals surface area contributed by atoms with Gasteiger partial charge in [-0.15, -0.1) is 0 Å². The first-order chi connectivity index (χ1) is 10.7. The van der Waals surface area contributed by atoms with Gasteiger partial charge < -0.3 is 20.2 Å². The molecule has 3 aromatic rings. The number of nitrogens with two attached hydrogens (primary N) is 1. The fraction of sp³-hybridized carbons (Fsp3) is 0. The van der Waals surface area contributed by atoms with Crippen LogP contribution in [-0.2, 0) is 0 Å². The predicted octanol–water partition coefficient (Wildman–Crippen LogP) is 3.30. The minimum absolute atomic E-state index is 0.0447. The molecule has 0 atom stereocenters. The van der Waals surface area contributed by atoms with Crippen LogP contribution in [0.2, 0.25) is 0 Å². The Morgan fingerprint density at radius 1 is 1.05 bits per heavy atom. The molecule has 110 valence electrons. The zero-order valence-corrected chi connectivity index (χ0v) is 11.5. The summed E-state index contributed by atoms with van der Waals surface area (Å²) < 4.78 is 10.5. The third-order valence-electron chi connectivity index (χ3n) is 2.85. The number of anilines is 2. The van der Waals surface area contributed by atoms with Gasteiger partial charge in [-0.2, -0.15) is 4.98 Å². The number of benzene rings is 2. The Morgan fingerprint density at radius 3 is 2.36 bits per heavy atom. The van der Waals surface area contributed by atoms with Gasteiger partial charge in [0.1, 0.15) is 17.8 Å². The Balaban J connectivity index is 1.65. The van der Waals surface area contributed by atoms with Gasteiger partial charge in [-0.25, -0.2) is 0 Å². The second kappa shape index (κ2) is 6.01. The third-order valence-corrected chi connectivity index (χ3v) is 2.85. The highest BCUT2D eigenvalue weighted by molar-refractivity contribution is 6.02. The van der Waals surface area contributed by atoms with Gasteiger partial charge in [-0.1, -0.05) is 18.2 Å². The van der Waals surface area contributed by atoms with Crippen LogP contribution in [0.5, 0.6) is 11.5 Å². The number of rotatable bonds is 4. The van der Waals surface area contributed by atoms with Crippen molar-refractivity contribution >= 4 is 17.6 Å². The Morgan fingerprint density at radius 2 is 1.73 bits per heavy atom. The molecule has 0 unspecified atom stereocenters. The molecule has 0 saturated carbocycles. The molecule has 0 radical (unpaired) electrons. The molecule has 0 saturated heterocycles. The number of amides is 1. The Hall–Kier alpha value is -3.28. The van der Waals surface area contributed by atoms with Crippen molar-refractivity contribution in [2.75, 3.05) is 11.1 Å². The van der Waals surface area contributed by atoms with Gasteiger partial charge in [0.15, 0.2) is 5.69 Å². The Bertz CT molecular complexity index is 767. The number of ether oxygens (including phenoxy) is 1. The van der Waals surface area contributed by atoms with E-state index in [2.05, 4.69) is 10.3 Å². The quantitative estimate of drug-likeness (QED) is 0.770. The van der Waals surface area contributed by atoms with Crippen molar-refractivity contribution < 1.29 is 13.9 Å². The normalized spacial score (nSPS) is 10.2. The van der Waals surface area contributed by atoms with Gasteiger partial charge in [0.25, 0.3) is 11.9 Å². The summed E-state index contributed by atoms with van der Waals surface area (Å²) in [4.78, 5) is 15.6. The van der Waals surface area contributed by atoms with Gasteiger partial charge >= 0.3 is 0 Å². The zero-order valence-electron chi connectivity index (χ0n) is 11.5. The van der Waals surface area contributed by atoms with Crippen LogP contribution in [0.25, 0.3) is 0 Å². The highest BCUT2D eigenvalue weighted by Gasteiger charge is 2.11. The molecule has 1 aromatic heterocycles. The lowest BCUT2D eigenvalue weighted by Crippen LogP contribution is -2.12. The fourth-order valence-corrected chi connectivity index (χ4v) is 1.82. The molecule has 0 aliphatic heterocycles. The van der Waals surface area contributed by atoms with Crippen LogP contribution < -0.4 is 15.8 Å². The van der Waals surface area contributed by atoms with Crippen LogP contribution in [0, 0.1) is 0 Å². The number of nitrogen functional groups attached to an aromatic ring is 1. The maximum atomic E-state index is 11.9. The van der Waals surface area contributed by atoms with Gasteiger partial charge in [0.2, 0.25) is 0 Å². The van der Waals surface area contributed by atoms with Crippen LogP contribution in [0.4, 0.5) is 11.7 Å². The summed E-state index contributed by atoms with van der Waals surface area (Å²) in [6.07, 6.45) is 1.21. The summed E-state index contributed by atoms with van der Waals surface area (Å²) in [5, 5.41) is 2.69. The van der Waals surface area contributed by atoms with Crippen LogP contribution in [-0.4, -0.2) is 10.9 Å². The Labute approximate surface area is 126 Å². The van der Waals surface area contributed by atoms with E-state index in [9.17, 15) is 4.79 Å². The summed E-state index contributed by atoms with van der Waals surface area (Å²) in [6, 6.07) is 16.4. The molecule has 0 spiro atoms. The first-order valence-corrected chi connectivity index (χ1v) is 6.56. The molecular formula is C16H13N3O3. The van der Waals surface area contributed by atoms with Crippen molar-refractivity contribution in [2.45, 2.75) is 0 Å². The number of aromatic nitrogens is 1. The molecule has 0 aliphatic rings. The smallest absolute Gasteiger partial charge is 0.292 e. The number of nitrogens with zero attached hydrogens (tertiary/aromatic N) is 1. The summed E-state index contributed by atoms with van der Waals surface area (Å²) in [5.41, 5.74) is 6.07. The number of carbonyl (C=O) groups is 1. The van der Waals surface area contributed by atoms with Crippen LogP contribution in [0.3, 0.4) is 0 Å². The van der Waals surface area contributed by atoms with E-state index in [1.165, 1.54) is 6.26 Å². The molecule has 22 heavy (non-hydrogen) atoms. The van der Waals surface area contributed by atoms with Crippen molar-refractivity contribution in [3.05, 3.63) is 66.6 Å². The summed E-state index contributed by atoms with van der Waals surface area (Å²) in [6.45, 7) is 0. The predicted molar refractivity (Wildman–Crippen MR) is 81.8 cm³/mol. The molecule has 3 rings (SSSR count). The highest BCUT2D eigenvalue weighted by Crippen LogP contribution is 2.22. The first-order valence-electron chi connectivity index (χ1n) is 6.56. The van der Waals surface area contributed by atoms with Gasteiger partial charge in [-0.05, 0) is 36.4 Å². The number of hydrogen-bond acceptors (Lipinski definition) is 5. The average Bonchev–Trinajstić information content (AvgIpc) is 2.97. The van der Waals surface area contributed by atoms with Crippen molar-refractivity contribution in [3.8, 4) is 11.5 Å². The topological polar surface area (TPSA) is 90.4 Å². The molecule has 6 heteroatoms. The Kier molecular flexibility index (Phi) is 3.74. The van der Waals surface area contributed by atoms with Crippen LogP contribution in [0.15, 0.2) is 65.3 Å². The number of para-hydroxylation sites is 1. The van der Waals surface area contributed by atoms with E-state index in [-0.39, 0.29) is 11.7 Å². The van der Waals surface area contributed by atoms with Crippen LogP contribution >= 0.6 is 0 Å².